The van der Waals surface area contributed by atoms with Crippen molar-refractivity contribution < 1.29 is 18.8 Å². The highest BCUT2D eigenvalue weighted by Crippen LogP contribution is 2.19. The maximum Gasteiger partial charge on any atom is 0.258 e. The summed E-state index contributed by atoms with van der Waals surface area (Å²) in [5.74, 6) is -1.76. The highest BCUT2D eigenvalue weighted by molar-refractivity contribution is 6.05. The number of benzene rings is 3. The number of aryl methyl sites for hydroxylation is 1. The van der Waals surface area contributed by atoms with Crippen LogP contribution in [-0.2, 0) is 6.54 Å². The first kappa shape index (κ1) is 21.7. The summed E-state index contributed by atoms with van der Waals surface area (Å²) in [6, 6.07) is 17.5. The van der Waals surface area contributed by atoms with Crippen LogP contribution in [0, 0.1) is 12.7 Å². The molecule has 3 aromatic rings. The average Bonchev–Trinajstić information content (AvgIpc) is 2.78. The first-order valence-corrected chi connectivity index (χ1v) is 9.65. The summed E-state index contributed by atoms with van der Waals surface area (Å²) in [5.41, 5.74) is 2.70. The van der Waals surface area contributed by atoms with E-state index in [2.05, 4.69) is 16.0 Å². The third kappa shape index (κ3) is 5.33. The molecular weight excluding hydrogens is 397 g/mol. The van der Waals surface area contributed by atoms with Gasteiger partial charge >= 0.3 is 0 Å². The Kier molecular flexibility index (Phi) is 6.77. The Morgan fingerprint density at radius 3 is 2.32 bits per heavy atom. The molecule has 0 radical (unpaired) electrons. The van der Waals surface area contributed by atoms with Crippen molar-refractivity contribution in [3.8, 4) is 0 Å². The Hall–Kier alpha value is -4.00. The molecule has 3 rings (SSSR count). The Labute approximate surface area is 179 Å². The number of halogens is 1. The molecule has 0 saturated heterocycles. The van der Waals surface area contributed by atoms with Gasteiger partial charge in [-0.15, -0.1) is 0 Å². The largest absolute Gasteiger partial charge is 0.355 e. The fourth-order valence-corrected chi connectivity index (χ4v) is 2.98. The van der Waals surface area contributed by atoms with Crippen LogP contribution in [0.1, 0.15) is 42.2 Å². The zero-order valence-corrected chi connectivity index (χ0v) is 17.2. The maximum absolute atomic E-state index is 13.9. The molecule has 7 heteroatoms. The van der Waals surface area contributed by atoms with Crippen molar-refractivity contribution in [2.75, 3.05) is 12.4 Å². The van der Waals surface area contributed by atoms with Gasteiger partial charge in [-0.05, 0) is 54.4 Å². The van der Waals surface area contributed by atoms with Crippen LogP contribution in [0.4, 0.5) is 10.1 Å². The van der Waals surface area contributed by atoms with Crippen molar-refractivity contribution in [1.29, 1.82) is 0 Å². The monoisotopic (exact) mass is 419 g/mol. The first-order chi connectivity index (χ1) is 14.9. The fraction of sp³-hybridized carbons (Fsp3) is 0.125. The van der Waals surface area contributed by atoms with Gasteiger partial charge < -0.3 is 16.0 Å². The Balaban J connectivity index is 1.71. The van der Waals surface area contributed by atoms with Gasteiger partial charge in [0.05, 0.1) is 5.56 Å². The van der Waals surface area contributed by atoms with Crippen molar-refractivity contribution in [2.24, 2.45) is 0 Å². The molecule has 158 valence electrons. The lowest BCUT2D eigenvalue weighted by molar-refractivity contribution is 0.0948. The SMILES string of the molecule is CNC(=O)c1cccc(CNC(=O)c2ccc(C)c(NC(=O)c3ccccc3F)c2)c1. The van der Waals surface area contributed by atoms with Gasteiger partial charge in [0, 0.05) is 30.4 Å². The molecule has 0 aliphatic rings. The van der Waals surface area contributed by atoms with Crippen LogP contribution in [0.2, 0.25) is 0 Å². The molecule has 3 amide bonds. The Morgan fingerprint density at radius 1 is 0.839 bits per heavy atom. The number of nitrogens with one attached hydrogen (secondary N) is 3. The van der Waals surface area contributed by atoms with E-state index in [0.717, 1.165) is 11.1 Å². The number of hydrogen-bond donors (Lipinski definition) is 3. The average molecular weight is 419 g/mol. The van der Waals surface area contributed by atoms with Gasteiger partial charge in [0.2, 0.25) is 0 Å². The Bertz CT molecular complexity index is 1140. The molecule has 0 aliphatic heterocycles. The number of hydrogen-bond acceptors (Lipinski definition) is 3. The number of anilines is 1. The van der Waals surface area contributed by atoms with Crippen LogP contribution in [0.25, 0.3) is 0 Å². The number of carbonyl (C=O) groups excluding carboxylic acids is 3. The number of carbonyl (C=O) groups is 3. The molecule has 0 spiro atoms. The van der Waals surface area contributed by atoms with E-state index in [9.17, 15) is 18.8 Å². The highest BCUT2D eigenvalue weighted by Gasteiger charge is 2.14. The zero-order valence-electron chi connectivity index (χ0n) is 17.2. The van der Waals surface area contributed by atoms with Crippen molar-refractivity contribution in [3.63, 3.8) is 0 Å². The summed E-state index contributed by atoms with van der Waals surface area (Å²) in [5, 5.41) is 8.01. The van der Waals surface area contributed by atoms with Gasteiger partial charge in [0.1, 0.15) is 5.82 Å². The molecule has 0 saturated carbocycles. The molecule has 0 bridgehead atoms. The normalized spacial score (nSPS) is 10.3. The minimum atomic E-state index is -0.620. The summed E-state index contributed by atoms with van der Waals surface area (Å²) in [4.78, 5) is 36.8. The second-order valence-electron chi connectivity index (χ2n) is 6.93. The van der Waals surface area contributed by atoms with E-state index in [1.165, 1.54) is 18.2 Å². The van der Waals surface area contributed by atoms with E-state index < -0.39 is 11.7 Å². The van der Waals surface area contributed by atoms with E-state index in [1.807, 2.05) is 6.07 Å². The summed E-state index contributed by atoms with van der Waals surface area (Å²) in [7, 11) is 1.55. The molecule has 0 heterocycles. The molecule has 3 aromatic carbocycles. The van der Waals surface area contributed by atoms with E-state index in [4.69, 9.17) is 0 Å². The minimum absolute atomic E-state index is 0.0762. The molecule has 0 aromatic heterocycles. The molecule has 0 aliphatic carbocycles. The van der Waals surface area contributed by atoms with Gasteiger partial charge in [-0.3, -0.25) is 14.4 Å². The minimum Gasteiger partial charge on any atom is -0.355 e. The van der Waals surface area contributed by atoms with Gasteiger partial charge in [-0.1, -0.05) is 30.3 Å². The van der Waals surface area contributed by atoms with Crippen molar-refractivity contribution in [1.82, 2.24) is 10.6 Å². The molecule has 0 unspecified atom stereocenters. The van der Waals surface area contributed by atoms with Gasteiger partial charge in [0.15, 0.2) is 0 Å². The van der Waals surface area contributed by atoms with Crippen molar-refractivity contribution >= 4 is 23.4 Å². The highest BCUT2D eigenvalue weighted by atomic mass is 19.1. The van der Waals surface area contributed by atoms with Crippen molar-refractivity contribution in [2.45, 2.75) is 13.5 Å². The van der Waals surface area contributed by atoms with E-state index in [-0.39, 0.29) is 23.9 Å². The maximum atomic E-state index is 13.9. The van der Waals surface area contributed by atoms with E-state index >= 15 is 0 Å². The number of rotatable bonds is 6. The van der Waals surface area contributed by atoms with Crippen LogP contribution in [0.15, 0.2) is 66.7 Å². The third-order valence-corrected chi connectivity index (χ3v) is 4.74. The van der Waals surface area contributed by atoms with Gasteiger partial charge in [-0.2, -0.15) is 0 Å². The summed E-state index contributed by atoms with van der Waals surface area (Å²) < 4.78 is 13.9. The van der Waals surface area contributed by atoms with Crippen LogP contribution >= 0.6 is 0 Å². The van der Waals surface area contributed by atoms with Crippen LogP contribution < -0.4 is 16.0 Å². The van der Waals surface area contributed by atoms with E-state index in [1.54, 1.807) is 56.4 Å². The molecule has 0 fully saturated rings. The molecular formula is C24H22FN3O3. The molecule has 0 atom stereocenters. The van der Waals surface area contributed by atoms with Crippen molar-refractivity contribution in [3.05, 3.63) is 100 Å². The first-order valence-electron chi connectivity index (χ1n) is 9.65. The predicted molar refractivity (Wildman–Crippen MR) is 117 cm³/mol. The summed E-state index contributed by atoms with van der Waals surface area (Å²) in [6.45, 7) is 2.01. The second-order valence-corrected chi connectivity index (χ2v) is 6.93. The topological polar surface area (TPSA) is 87.3 Å². The van der Waals surface area contributed by atoms with Gasteiger partial charge in [-0.25, -0.2) is 4.39 Å². The fourth-order valence-electron chi connectivity index (χ4n) is 2.98. The third-order valence-electron chi connectivity index (χ3n) is 4.74. The van der Waals surface area contributed by atoms with Gasteiger partial charge in [0.25, 0.3) is 17.7 Å². The van der Waals surface area contributed by atoms with Crippen LogP contribution in [0.3, 0.4) is 0 Å². The lowest BCUT2D eigenvalue weighted by Gasteiger charge is -2.12. The summed E-state index contributed by atoms with van der Waals surface area (Å²) >= 11 is 0. The summed E-state index contributed by atoms with van der Waals surface area (Å²) in [6.07, 6.45) is 0. The lowest BCUT2D eigenvalue weighted by atomic mass is 10.1. The molecule has 3 N–H and O–H groups in total. The predicted octanol–water partition coefficient (Wildman–Crippen LogP) is 3.68. The van der Waals surface area contributed by atoms with Crippen LogP contribution in [-0.4, -0.2) is 24.8 Å². The van der Waals surface area contributed by atoms with Crippen LogP contribution in [0.5, 0.6) is 0 Å². The number of amides is 3. The lowest BCUT2D eigenvalue weighted by Crippen LogP contribution is -2.24. The zero-order chi connectivity index (χ0) is 22.4. The smallest absolute Gasteiger partial charge is 0.258 e. The Morgan fingerprint density at radius 2 is 1.58 bits per heavy atom. The quantitative estimate of drug-likeness (QED) is 0.570. The molecule has 31 heavy (non-hydrogen) atoms. The van der Waals surface area contributed by atoms with E-state index in [0.29, 0.717) is 16.8 Å². The molecule has 6 nitrogen and oxygen atoms in total. The standard InChI is InChI=1S/C24H22FN3O3/c1-15-10-11-18(13-21(15)28-24(31)19-8-3-4-9-20(19)25)23(30)27-14-16-6-5-7-17(12-16)22(29)26-2/h3-13H,14H2,1-2H3,(H,26,29)(H,27,30)(H,28,31). The second kappa shape index (κ2) is 9.67.